The van der Waals surface area contributed by atoms with Crippen molar-refractivity contribution in [2.24, 2.45) is 0 Å². The summed E-state index contributed by atoms with van der Waals surface area (Å²) in [6.07, 6.45) is 7.32. The number of alkyl carbamates (subject to hydrolysis) is 1. The highest BCUT2D eigenvalue weighted by Gasteiger charge is 2.23. The lowest BCUT2D eigenvalue weighted by Crippen LogP contribution is -2.37. The topological polar surface area (TPSA) is 67.0 Å². The van der Waals surface area contributed by atoms with E-state index in [4.69, 9.17) is 4.74 Å². The van der Waals surface area contributed by atoms with Crippen molar-refractivity contribution >= 4 is 22.7 Å². The number of nitrogens with zero attached hydrogens (tertiary/aromatic N) is 1. The maximum atomic E-state index is 11.8. The molecule has 0 spiro atoms. The van der Waals surface area contributed by atoms with E-state index in [1.165, 1.54) is 5.57 Å². The monoisotopic (exact) mass is 299 g/mol. The summed E-state index contributed by atoms with van der Waals surface area (Å²) in [6.45, 7) is 5.58. The van der Waals surface area contributed by atoms with Gasteiger partial charge in [-0.1, -0.05) is 6.08 Å². The van der Waals surface area contributed by atoms with Crippen molar-refractivity contribution in [2.45, 2.75) is 45.3 Å². The van der Waals surface area contributed by atoms with Crippen LogP contribution in [0.1, 0.15) is 39.2 Å². The normalized spacial score (nSPS) is 18.3. The number of hydrogen-bond acceptors (Lipinski definition) is 3. The Hall–Kier alpha value is -2.30. The van der Waals surface area contributed by atoms with Crippen molar-refractivity contribution in [3.63, 3.8) is 0 Å². The molecule has 5 nitrogen and oxygen atoms in total. The molecule has 0 saturated heterocycles. The number of carbonyl (C=O) groups excluding carboxylic acids is 1. The second-order valence-electron chi connectivity index (χ2n) is 6.59. The quantitative estimate of drug-likeness (QED) is 0.889. The minimum absolute atomic E-state index is 0.0125. The molecule has 1 unspecified atom stereocenters. The number of allylic oxidation sites excluding steroid dienone is 1. The molecule has 1 aliphatic rings. The van der Waals surface area contributed by atoms with Crippen LogP contribution in [0.4, 0.5) is 4.79 Å². The Morgan fingerprint density at radius 1 is 1.45 bits per heavy atom. The summed E-state index contributed by atoms with van der Waals surface area (Å²) >= 11 is 0. The lowest BCUT2D eigenvalue weighted by molar-refractivity contribution is 0.0514. The SMILES string of the molecule is CC(C)(C)OC(=O)NC1C=C(c2c[nH]c3cccnc23)CC1. The summed E-state index contributed by atoms with van der Waals surface area (Å²) in [5, 5.41) is 2.91. The standard InChI is InChI=1S/C17H21N3O2/c1-17(2,3)22-16(21)20-12-7-6-11(9-12)13-10-19-14-5-4-8-18-15(13)14/h4-5,8-10,12,19H,6-7H2,1-3H3,(H,20,21). The molecule has 5 heteroatoms. The van der Waals surface area contributed by atoms with Gasteiger partial charge in [-0.3, -0.25) is 4.98 Å². The molecule has 2 aromatic rings. The van der Waals surface area contributed by atoms with Gasteiger partial charge in [-0.15, -0.1) is 0 Å². The van der Waals surface area contributed by atoms with Crippen molar-refractivity contribution in [1.29, 1.82) is 0 Å². The van der Waals surface area contributed by atoms with Gasteiger partial charge in [-0.2, -0.15) is 0 Å². The number of fused-ring (bicyclic) bond motifs is 1. The molecule has 2 aromatic heterocycles. The van der Waals surface area contributed by atoms with Crippen LogP contribution in [0.5, 0.6) is 0 Å². The van der Waals surface area contributed by atoms with Crippen LogP contribution < -0.4 is 5.32 Å². The molecule has 1 amide bonds. The largest absolute Gasteiger partial charge is 0.444 e. The van der Waals surface area contributed by atoms with E-state index in [-0.39, 0.29) is 12.1 Å². The van der Waals surface area contributed by atoms with E-state index in [2.05, 4.69) is 21.4 Å². The Bertz CT molecular complexity index is 725. The Balaban J connectivity index is 1.73. The highest BCUT2D eigenvalue weighted by Crippen LogP contribution is 2.31. The molecule has 2 heterocycles. The molecule has 0 saturated carbocycles. The van der Waals surface area contributed by atoms with E-state index in [1.54, 1.807) is 6.20 Å². The zero-order valence-corrected chi connectivity index (χ0v) is 13.1. The third-order valence-electron chi connectivity index (χ3n) is 3.61. The lowest BCUT2D eigenvalue weighted by Gasteiger charge is -2.21. The number of ether oxygens (including phenoxy) is 1. The summed E-state index contributed by atoms with van der Waals surface area (Å²) in [6, 6.07) is 3.94. The fourth-order valence-electron chi connectivity index (χ4n) is 2.72. The zero-order valence-electron chi connectivity index (χ0n) is 13.1. The molecule has 0 bridgehead atoms. The molecule has 0 aliphatic heterocycles. The number of aromatic amines is 1. The Labute approximate surface area is 129 Å². The number of amides is 1. The van der Waals surface area contributed by atoms with Crippen LogP contribution in [0.15, 0.2) is 30.6 Å². The average molecular weight is 299 g/mol. The number of rotatable bonds is 2. The van der Waals surface area contributed by atoms with Gasteiger partial charge in [-0.25, -0.2) is 4.79 Å². The molecule has 1 aliphatic carbocycles. The summed E-state index contributed by atoms with van der Waals surface area (Å²) < 4.78 is 5.30. The Morgan fingerprint density at radius 3 is 3.05 bits per heavy atom. The fourth-order valence-corrected chi connectivity index (χ4v) is 2.72. The van der Waals surface area contributed by atoms with Crippen LogP contribution in [0, 0.1) is 0 Å². The van der Waals surface area contributed by atoms with Crippen LogP contribution in [-0.2, 0) is 4.74 Å². The number of nitrogens with one attached hydrogen (secondary N) is 2. The van der Waals surface area contributed by atoms with Gasteiger partial charge < -0.3 is 15.0 Å². The van der Waals surface area contributed by atoms with Gasteiger partial charge in [0.05, 0.1) is 17.1 Å². The van der Waals surface area contributed by atoms with Gasteiger partial charge in [0.25, 0.3) is 0 Å². The van der Waals surface area contributed by atoms with Gasteiger partial charge in [0.15, 0.2) is 0 Å². The first-order valence-electron chi connectivity index (χ1n) is 7.55. The van der Waals surface area contributed by atoms with Crippen molar-refractivity contribution < 1.29 is 9.53 Å². The summed E-state index contributed by atoms with van der Waals surface area (Å²) in [4.78, 5) is 19.5. The summed E-state index contributed by atoms with van der Waals surface area (Å²) in [7, 11) is 0. The van der Waals surface area contributed by atoms with Gasteiger partial charge in [-0.05, 0) is 51.3 Å². The first kappa shape index (κ1) is 14.6. The second kappa shape index (κ2) is 5.48. The molecule has 22 heavy (non-hydrogen) atoms. The molecular weight excluding hydrogens is 278 g/mol. The molecular formula is C17H21N3O2. The van der Waals surface area contributed by atoms with Gasteiger partial charge in [0.1, 0.15) is 5.60 Å². The molecule has 0 radical (unpaired) electrons. The maximum Gasteiger partial charge on any atom is 0.408 e. The van der Waals surface area contributed by atoms with Crippen LogP contribution in [-0.4, -0.2) is 27.7 Å². The fraction of sp³-hybridized carbons (Fsp3) is 0.412. The van der Waals surface area contributed by atoms with Crippen LogP contribution >= 0.6 is 0 Å². The van der Waals surface area contributed by atoms with Crippen molar-refractivity contribution in [3.8, 4) is 0 Å². The smallest absolute Gasteiger partial charge is 0.408 e. The number of aromatic nitrogens is 2. The second-order valence-corrected chi connectivity index (χ2v) is 6.59. The predicted octanol–water partition coefficient (Wildman–Crippen LogP) is 3.63. The van der Waals surface area contributed by atoms with Crippen LogP contribution in [0.25, 0.3) is 16.6 Å². The number of carbonyl (C=O) groups is 1. The summed E-state index contributed by atoms with van der Waals surface area (Å²) in [5.41, 5.74) is 3.86. The predicted molar refractivity (Wildman–Crippen MR) is 86.5 cm³/mol. The first-order valence-corrected chi connectivity index (χ1v) is 7.55. The van der Waals surface area contributed by atoms with E-state index in [9.17, 15) is 4.79 Å². The Kier molecular flexibility index (Phi) is 3.64. The first-order chi connectivity index (χ1) is 10.4. The van der Waals surface area contributed by atoms with Crippen molar-refractivity contribution in [3.05, 3.63) is 36.2 Å². The van der Waals surface area contributed by atoms with E-state index in [1.807, 2.05) is 39.1 Å². The van der Waals surface area contributed by atoms with E-state index >= 15 is 0 Å². The average Bonchev–Trinajstić information content (AvgIpc) is 3.02. The van der Waals surface area contributed by atoms with E-state index in [0.717, 1.165) is 29.4 Å². The third-order valence-corrected chi connectivity index (χ3v) is 3.61. The van der Waals surface area contributed by atoms with Gasteiger partial charge in [0.2, 0.25) is 0 Å². The van der Waals surface area contributed by atoms with Crippen molar-refractivity contribution in [2.75, 3.05) is 0 Å². The van der Waals surface area contributed by atoms with E-state index in [0.29, 0.717) is 0 Å². The highest BCUT2D eigenvalue weighted by atomic mass is 16.6. The van der Waals surface area contributed by atoms with Gasteiger partial charge >= 0.3 is 6.09 Å². The van der Waals surface area contributed by atoms with Gasteiger partial charge in [0, 0.05) is 18.0 Å². The minimum atomic E-state index is -0.476. The molecule has 3 rings (SSSR count). The highest BCUT2D eigenvalue weighted by molar-refractivity contribution is 5.90. The molecule has 1 atom stereocenters. The number of pyridine rings is 1. The summed E-state index contributed by atoms with van der Waals surface area (Å²) in [5.74, 6) is 0. The zero-order chi connectivity index (χ0) is 15.7. The van der Waals surface area contributed by atoms with Crippen LogP contribution in [0.2, 0.25) is 0 Å². The molecule has 2 N–H and O–H groups in total. The number of H-pyrrole nitrogens is 1. The maximum absolute atomic E-state index is 11.8. The van der Waals surface area contributed by atoms with Crippen molar-refractivity contribution in [1.82, 2.24) is 15.3 Å². The lowest BCUT2D eigenvalue weighted by atomic mass is 10.1. The molecule has 116 valence electrons. The molecule has 0 fully saturated rings. The van der Waals surface area contributed by atoms with Crippen LogP contribution in [0.3, 0.4) is 0 Å². The number of hydrogen-bond donors (Lipinski definition) is 2. The third kappa shape index (κ3) is 3.13. The minimum Gasteiger partial charge on any atom is -0.444 e. The van der Waals surface area contributed by atoms with E-state index < -0.39 is 5.60 Å². The molecule has 0 aromatic carbocycles. The Morgan fingerprint density at radius 2 is 2.27 bits per heavy atom.